The molecule has 1 rings (SSSR count). The first-order valence-corrected chi connectivity index (χ1v) is 8.61. The molecule has 0 fully saturated rings. The lowest BCUT2D eigenvalue weighted by molar-refractivity contribution is 0.564. The van der Waals surface area contributed by atoms with E-state index >= 15 is 0 Å². The fourth-order valence-corrected chi connectivity index (χ4v) is 3.17. The number of carbonyl (C=O) groups excluding carboxylic acids is 2. The highest BCUT2D eigenvalue weighted by atomic mass is 32.2. The molecule has 0 N–H and O–H groups in total. The number of aliphatic imine (C=N–C) groups is 2. The molecule has 0 amide bonds. The summed E-state index contributed by atoms with van der Waals surface area (Å²) < 4.78 is 0. The van der Waals surface area contributed by atoms with E-state index in [1.807, 2.05) is 18.6 Å². The van der Waals surface area contributed by atoms with E-state index in [1.54, 1.807) is 12.2 Å². The topological polar surface area (TPSA) is 58.9 Å². The van der Waals surface area contributed by atoms with Crippen molar-refractivity contribution in [3.05, 3.63) is 11.6 Å². The fraction of sp³-hybridized carbons (Fsp3) is 0.429. The number of hydrogen-bond acceptors (Lipinski definition) is 6. The second kappa shape index (κ2) is 8.77. The van der Waals surface area contributed by atoms with Crippen LogP contribution in [0.15, 0.2) is 25.8 Å². The van der Waals surface area contributed by atoms with Gasteiger partial charge < -0.3 is 0 Å². The molecular weight excluding hydrogens is 292 g/mol. The molecule has 4 nitrogen and oxygen atoms in total. The van der Waals surface area contributed by atoms with Gasteiger partial charge in [-0.1, -0.05) is 13.3 Å². The summed E-state index contributed by atoms with van der Waals surface area (Å²) in [6.45, 7) is 2.08. The van der Waals surface area contributed by atoms with Crippen LogP contribution in [0, 0.1) is 0 Å². The van der Waals surface area contributed by atoms with E-state index in [0.717, 1.165) is 34.6 Å². The van der Waals surface area contributed by atoms with Crippen LogP contribution < -0.4 is 0 Å². The van der Waals surface area contributed by atoms with Gasteiger partial charge in [0.25, 0.3) is 0 Å². The Morgan fingerprint density at radius 1 is 1.05 bits per heavy atom. The average molecular weight is 308 g/mol. The SMILES string of the molecule is CCCCc1c(N=C=O)c(SC)cc(SC)c1N=C=O. The zero-order chi connectivity index (χ0) is 15.0. The second-order valence-corrected chi connectivity index (χ2v) is 5.66. The van der Waals surface area contributed by atoms with E-state index in [2.05, 4.69) is 16.9 Å². The minimum Gasteiger partial charge on any atom is -0.211 e. The highest BCUT2D eigenvalue weighted by molar-refractivity contribution is 7.99. The molecule has 0 bridgehead atoms. The summed E-state index contributed by atoms with van der Waals surface area (Å²) in [6, 6.07) is 1.90. The monoisotopic (exact) mass is 308 g/mol. The predicted molar refractivity (Wildman–Crippen MR) is 84.2 cm³/mol. The Bertz CT molecular complexity index is 531. The van der Waals surface area contributed by atoms with Gasteiger partial charge in [-0.25, -0.2) is 9.59 Å². The van der Waals surface area contributed by atoms with Crippen molar-refractivity contribution in [2.24, 2.45) is 9.98 Å². The van der Waals surface area contributed by atoms with Crippen LogP contribution in [0.3, 0.4) is 0 Å². The summed E-state index contributed by atoms with van der Waals surface area (Å²) in [4.78, 5) is 30.8. The Morgan fingerprint density at radius 2 is 1.55 bits per heavy atom. The quantitative estimate of drug-likeness (QED) is 0.425. The van der Waals surface area contributed by atoms with Crippen LogP contribution in [0.4, 0.5) is 11.4 Å². The molecule has 0 saturated heterocycles. The summed E-state index contributed by atoms with van der Waals surface area (Å²) in [5, 5.41) is 0. The molecule has 0 spiro atoms. The number of rotatable bonds is 7. The lowest BCUT2D eigenvalue weighted by Crippen LogP contribution is -1.92. The Balaban J connectivity index is 3.64. The smallest absolute Gasteiger partial charge is 0.211 e. The Morgan fingerprint density at radius 3 is 1.90 bits per heavy atom. The van der Waals surface area contributed by atoms with Crippen molar-refractivity contribution in [1.29, 1.82) is 0 Å². The highest BCUT2D eigenvalue weighted by Gasteiger charge is 2.17. The van der Waals surface area contributed by atoms with Crippen molar-refractivity contribution in [3.8, 4) is 0 Å². The van der Waals surface area contributed by atoms with Gasteiger partial charge >= 0.3 is 0 Å². The maximum Gasteiger partial charge on any atom is 0.240 e. The second-order valence-electron chi connectivity index (χ2n) is 3.97. The maximum absolute atomic E-state index is 10.7. The van der Waals surface area contributed by atoms with E-state index in [4.69, 9.17) is 0 Å². The van der Waals surface area contributed by atoms with Crippen molar-refractivity contribution in [1.82, 2.24) is 0 Å². The van der Waals surface area contributed by atoms with Crippen LogP contribution in [0.5, 0.6) is 0 Å². The molecule has 0 aliphatic heterocycles. The molecule has 1 aromatic rings. The first-order valence-electron chi connectivity index (χ1n) is 6.17. The minimum atomic E-state index is 0.577. The number of isocyanates is 2. The van der Waals surface area contributed by atoms with Gasteiger partial charge in [-0.2, -0.15) is 9.98 Å². The van der Waals surface area contributed by atoms with Crippen molar-refractivity contribution in [2.75, 3.05) is 12.5 Å². The first-order chi connectivity index (χ1) is 9.73. The van der Waals surface area contributed by atoms with Crippen molar-refractivity contribution < 1.29 is 9.59 Å². The molecule has 0 radical (unpaired) electrons. The molecule has 106 valence electrons. The van der Waals surface area contributed by atoms with Crippen molar-refractivity contribution in [2.45, 2.75) is 36.0 Å². The molecule has 0 saturated carbocycles. The zero-order valence-corrected chi connectivity index (χ0v) is 13.4. The average Bonchev–Trinajstić information content (AvgIpc) is 2.47. The molecule has 0 unspecified atom stereocenters. The van der Waals surface area contributed by atoms with Crippen LogP contribution >= 0.6 is 23.5 Å². The molecule has 0 aliphatic carbocycles. The fourth-order valence-electron chi connectivity index (χ4n) is 1.90. The van der Waals surface area contributed by atoms with Gasteiger partial charge in [0.05, 0.1) is 11.4 Å². The van der Waals surface area contributed by atoms with Gasteiger partial charge in [0.15, 0.2) is 0 Å². The van der Waals surface area contributed by atoms with Gasteiger partial charge in [-0.05, 0) is 31.4 Å². The third-order valence-corrected chi connectivity index (χ3v) is 4.34. The highest BCUT2D eigenvalue weighted by Crippen LogP contribution is 2.43. The third-order valence-electron chi connectivity index (χ3n) is 2.84. The van der Waals surface area contributed by atoms with Gasteiger partial charge in [-0.3, -0.25) is 0 Å². The Labute approximate surface area is 127 Å². The first kappa shape index (κ1) is 16.7. The molecule has 0 aliphatic rings. The summed E-state index contributed by atoms with van der Waals surface area (Å²) >= 11 is 3.03. The van der Waals surface area contributed by atoms with Crippen LogP contribution in [-0.4, -0.2) is 24.7 Å². The van der Waals surface area contributed by atoms with Crippen LogP contribution in [0.25, 0.3) is 0 Å². The minimum absolute atomic E-state index is 0.577. The molecular formula is C14H16N2O2S2. The van der Waals surface area contributed by atoms with Crippen LogP contribution in [0.2, 0.25) is 0 Å². The van der Waals surface area contributed by atoms with Gasteiger partial charge in [-0.15, -0.1) is 23.5 Å². The van der Waals surface area contributed by atoms with Gasteiger partial charge in [0.1, 0.15) is 0 Å². The Kier molecular flexibility index (Phi) is 7.34. The molecule has 0 aromatic heterocycles. The van der Waals surface area contributed by atoms with E-state index in [1.165, 1.54) is 23.5 Å². The molecule has 20 heavy (non-hydrogen) atoms. The van der Waals surface area contributed by atoms with E-state index in [0.29, 0.717) is 11.4 Å². The maximum atomic E-state index is 10.7. The number of benzene rings is 1. The summed E-state index contributed by atoms with van der Waals surface area (Å²) in [6.07, 6.45) is 9.71. The standard InChI is InChI=1S/C14H16N2O2S2/c1-4-5-6-10-13(15-8-17)11(19-2)7-12(20-3)14(10)16-9-18/h7H,4-6H2,1-3H3. The number of nitrogens with zero attached hydrogens (tertiary/aromatic N) is 2. The number of hydrogen-bond donors (Lipinski definition) is 0. The van der Waals surface area contributed by atoms with Gasteiger partial charge in [0, 0.05) is 15.4 Å². The van der Waals surface area contributed by atoms with Crippen molar-refractivity contribution in [3.63, 3.8) is 0 Å². The van der Waals surface area contributed by atoms with Crippen LogP contribution in [-0.2, 0) is 16.0 Å². The normalized spacial score (nSPS) is 9.75. The number of thioether (sulfide) groups is 2. The molecule has 1 aromatic carbocycles. The Hall–Kier alpha value is -1.32. The largest absolute Gasteiger partial charge is 0.240 e. The number of unbranched alkanes of at least 4 members (excludes halogenated alkanes) is 1. The van der Waals surface area contributed by atoms with Crippen LogP contribution in [0.1, 0.15) is 25.3 Å². The lowest BCUT2D eigenvalue weighted by atomic mass is 10.0. The van der Waals surface area contributed by atoms with Gasteiger partial charge in [0.2, 0.25) is 12.2 Å². The summed E-state index contributed by atoms with van der Waals surface area (Å²) in [7, 11) is 0. The zero-order valence-electron chi connectivity index (χ0n) is 11.7. The van der Waals surface area contributed by atoms with E-state index < -0.39 is 0 Å². The van der Waals surface area contributed by atoms with E-state index in [-0.39, 0.29) is 0 Å². The predicted octanol–water partition coefficient (Wildman–Crippen LogP) is 4.41. The molecule has 6 heteroatoms. The van der Waals surface area contributed by atoms with Crippen molar-refractivity contribution >= 4 is 47.1 Å². The van der Waals surface area contributed by atoms with E-state index in [9.17, 15) is 9.59 Å². The third kappa shape index (κ3) is 3.84. The molecule has 0 heterocycles. The lowest BCUT2D eigenvalue weighted by Gasteiger charge is -2.14. The summed E-state index contributed by atoms with van der Waals surface area (Å²) in [5.74, 6) is 0. The molecule has 0 atom stereocenters. The summed E-state index contributed by atoms with van der Waals surface area (Å²) in [5.41, 5.74) is 1.98.